The maximum absolute atomic E-state index is 14.2. The molecule has 0 saturated carbocycles. The van der Waals surface area contributed by atoms with Crippen LogP contribution in [0.3, 0.4) is 0 Å². The smallest absolute Gasteiger partial charge is 0.433 e. The molecule has 0 bridgehead atoms. The lowest BCUT2D eigenvalue weighted by Crippen LogP contribution is -2.38. The SMILES string of the molecule is CNC(=O)C(NC(CCc1ccc(C(F)(F)F)nc1)c1cc(F)ccc1OC)c1ccc(F)cc1. The van der Waals surface area contributed by atoms with E-state index in [0.717, 1.165) is 12.3 Å². The Labute approximate surface area is 199 Å². The van der Waals surface area contributed by atoms with Crippen LogP contribution in [-0.4, -0.2) is 25.0 Å². The number of hydrogen-bond acceptors (Lipinski definition) is 4. The van der Waals surface area contributed by atoms with Crippen LogP contribution < -0.4 is 15.4 Å². The number of hydrogen-bond donors (Lipinski definition) is 2. The van der Waals surface area contributed by atoms with E-state index in [1.807, 2.05) is 0 Å². The zero-order valence-electron chi connectivity index (χ0n) is 19.0. The zero-order chi connectivity index (χ0) is 25.6. The second-order valence-corrected chi connectivity index (χ2v) is 7.79. The Morgan fingerprint density at radius 1 is 1.03 bits per heavy atom. The molecule has 0 aliphatic carbocycles. The predicted molar refractivity (Wildman–Crippen MR) is 120 cm³/mol. The topological polar surface area (TPSA) is 63.2 Å². The third-order valence-corrected chi connectivity index (χ3v) is 5.48. The van der Waals surface area contributed by atoms with Gasteiger partial charge in [-0.1, -0.05) is 18.2 Å². The molecule has 1 heterocycles. The summed E-state index contributed by atoms with van der Waals surface area (Å²) < 4.78 is 71.5. The number of aromatic nitrogens is 1. The van der Waals surface area contributed by atoms with Crippen molar-refractivity contribution in [1.82, 2.24) is 15.6 Å². The number of carbonyl (C=O) groups is 1. The second-order valence-electron chi connectivity index (χ2n) is 7.79. The number of rotatable bonds is 9. The number of alkyl halides is 3. The van der Waals surface area contributed by atoms with Gasteiger partial charge in [0.25, 0.3) is 0 Å². The summed E-state index contributed by atoms with van der Waals surface area (Å²) in [6.45, 7) is 0. The van der Waals surface area contributed by atoms with E-state index in [2.05, 4.69) is 15.6 Å². The Bertz CT molecular complexity index is 1140. The number of benzene rings is 2. The molecule has 1 amide bonds. The first-order valence-corrected chi connectivity index (χ1v) is 10.7. The molecule has 2 atom stereocenters. The monoisotopic (exact) mass is 493 g/mol. The van der Waals surface area contributed by atoms with Gasteiger partial charge in [-0.2, -0.15) is 13.2 Å². The molecule has 0 aliphatic heterocycles. The maximum atomic E-state index is 14.2. The number of likely N-dealkylation sites (N-methyl/N-ethyl adjacent to an activating group) is 1. The summed E-state index contributed by atoms with van der Waals surface area (Å²) in [4.78, 5) is 16.2. The Morgan fingerprint density at radius 2 is 1.71 bits per heavy atom. The highest BCUT2D eigenvalue weighted by Gasteiger charge is 2.32. The normalized spacial score (nSPS) is 13.2. The minimum absolute atomic E-state index is 0.265. The summed E-state index contributed by atoms with van der Waals surface area (Å²) in [5.74, 6) is -1.04. The lowest BCUT2D eigenvalue weighted by atomic mass is 9.95. The molecule has 2 N–H and O–H groups in total. The van der Waals surface area contributed by atoms with Crippen molar-refractivity contribution in [2.45, 2.75) is 31.1 Å². The highest BCUT2D eigenvalue weighted by Crippen LogP contribution is 2.32. The molecule has 35 heavy (non-hydrogen) atoms. The second kappa shape index (κ2) is 11.3. The molecule has 0 radical (unpaired) electrons. The molecule has 3 aromatic rings. The summed E-state index contributed by atoms with van der Waals surface area (Å²) in [5.41, 5.74) is 0.419. The third kappa shape index (κ3) is 6.75. The molecule has 5 nitrogen and oxygen atoms in total. The number of pyridine rings is 1. The van der Waals surface area contributed by atoms with Crippen LogP contribution >= 0.6 is 0 Å². The number of aryl methyl sites for hydroxylation is 1. The minimum atomic E-state index is -4.55. The molecule has 186 valence electrons. The van der Waals surface area contributed by atoms with Crippen molar-refractivity contribution >= 4 is 5.91 Å². The Hall–Kier alpha value is -3.53. The number of nitrogens with one attached hydrogen (secondary N) is 2. The van der Waals surface area contributed by atoms with Crippen LogP contribution in [0.25, 0.3) is 0 Å². The van der Waals surface area contributed by atoms with Crippen LogP contribution in [0.4, 0.5) is 22.0 Å². The van der Waals surface area contributed by atoms with Gasteiger partial charge in [0.15, 0.2) is 0 Å². The first-order chi connectivity index (χ1) is 16.6. The van der Waals surface area contributed by atoms with Crippen molar-refractivity contribution < 1.29 is 31.5 Å². The molecule has 10 heteroatoms. The van der Waals surface area contributed by atoms with E-state index < -0.39 is 41.5 Å². The van der Waals surface area contributed by atoms with Crippen LogP contribution in [0.1, 0.15) is 40.9 Å². The minimum Gasteiger partial charge on any atom is -0.496 e. The zero-order valence-corrected chi connectivity index (χ0v) is 19.0. The highest BCUT2D eigenvalue weighted by molar-refractivity contribution is 5.83. The van der Waals surface area contributed by atoms with Crippen LogP contribution in [0.5, 0.6) is 5.75 Å². The van der Waals surface area contributed by atoms with Gasteiger partial charge in [-0.05, 0) is 60.4 Å². The molecule has 1 aromatic heterocycles. The molecule has 0 aliphatic rings. The number of carbonyl (C=O) groups excluding carboxylic acids is 1. The quantitative estimate of drug-likeness (QED) is 0.406. The molecule has 2 aromatic carbocycles. The van der Waals surface area contributed by atoms with Crippen LogP contribution in [0.2, 0.25) is 0 Å². The summed E-state index contributed by atoms with van der Waals surface area (Å²) in [5, 5.41) is 5.74. The molecule has 0 fully saturated rings. The summed E-state index contributed by atoms with van der Waals surface area (Å²) in [6.07, 6.45) is -2.87. The van der Waals surface area contributed by atoms with Crippen molar-refractivity contribution in [3.63, 3.8) is 0 Å². The van der Waals surface area contributed by atoms with E-state index in [4.69, 9.17) is 4.74 Å². The van der Waals surface area contributed by atoms with Crippen LogP contribution in [0.15, 0.2) is 60.8 Å². The van der Waals surface area contributed by atoms with Gasteiger partial charge in [-0.25, -0.2) is 8.78 Å². The molecular formula is C25H24F5N3O2. The highest BCUT2D eigenvalue weighted by atomic mass is 19.4. The number of halogens is 5. The number of ether oxygens (including phenoxy) is 1. The average molecular weight is 493 g/mol. The molecule has 2 unspecified atom stereocenters. The fraction of sp³-hybridized carbons (Fsp3) is 0.280. The van der Waals surface area contributed by atoms with Gasteiger partial charge in [0.1, 0.15) is 29.1 Å². The fourth-order valence-electron chi connectivity index (χ4n) is 3.68. The van der Waals surface area contributed by atoms with E-state index in [0.29, 0.717) is 22.4 Å². The van der Waals surface area contributed by atoms with Gasteiger partial charge >= 0.3 is 6.18 Å². The van der Waals surface area contributed by atoms with Crippen molar-refractivity contribution in [2.24, 2.45) is 0 Å². The molecule has 0 spiro atoms. The van der Waals surface area contributed by atoms with E-state index in [-0.39, 0.29) is 12.8 Å². The summed E-state index contributed by atoms with van der Waals surface area (Å²) in [6, 6.07) is 9.95. The van der Waals surface area contributed by atoms with Gasteiger partial charge < -0.3 is 10.1 Å². The Kier molecular flexibility index (Phi) is 8.39. The number of nitrogens with zero attached hydrogens (tertiary/aromatic N) is 1. The number of methoxy groups -OCH3 is 1. The lowest BCUT2D eigenvalue weighted by Gasteiger charge is -2.27. The van der Waals surface area contributed by atoms with Crippen molar-refractivity contribution in [3.05, 3.63) is 94.8 Å². The summed E-state index contributed by atoms with van der Waals surface area (Å²) in [7, 11) is 2.87. The van der Waals surface area contributed by atoms with Crippen LogP contribution in [0, 0.1) is 11.6 Å². The largest absolute Gasteiger partial charge is 0.496 e. The van der Waals surface area contributed by atoms with E-state index in [1.165, 1.54) is 62.7 Å². The Morgan fingerprint density at radius 3 is 2.29 bits per heavy atom. The average Bonchev–Trinajstić information content (AvgIpc) is 2.84. The van der Waals surface area contributed by atoms with E-state index >= 15 is 0 Å². The van der Waals surface area contributed by atoms with Crippen molar-refractivity contribution in [2.75, 3.05) is 14.2 Å². The first-order valence-electron chi connectivity index (χ1n) is 10.7. The fourth-order valence-corrected chi connectivity index (χ4v) is 3.68. The van der Waals surface area contributed by atoms with Crippen molar-refractivity contribution in [3.8, 4) is 5.75 Å². The summed E-state index contributed by atoms with van der Waals surface area (Å²) >= 11 is 0. The van der Waals surface area contributed by atoms with Crippen LogP contribution in [-0.2, 0) is 17.4 Å². The number of amides is 1. The third-order valence-electron chi connectivity index (χ3n) is 5.48. The predicted octanol–water partition coefficient (Wildman–Crippen LogP) is 5.14. The van der Waals surface area contributed by atoms with E-state index in [9.17, 15) is 26.7 Å². The van der Waals surface area contributed by atoms with Gasteiger partial charge in [0, 0.05) is 24.8 Å². The first kappa shape index (κ1) is 26.1. The molecule has 3 rings (SSSR count). The standard InChI is InChI=1S/C25H24F5N3O2/c1-31-24(34)23(16-5-7-17(26)8-6-16)33-20(19-13-18(27)9-11-21(19)35-2)10-3-15-4-12-22(32-14-15)25(28,29)30/h4-9,11-14,20,23,33H,3,10H2,1-2H3,(H,31,34). The van der Waals surface area contributed by atoms with Gasteiger partial charge in [-0.15, -0.1) is 0 Å². The maximum Gasteiger partial charge on any atom is 0.433 e. The molecular weight excluding hydrogens is 469 g/mol. The lowest BCUT2D eigenvalue weighted by molar-refractivity contribution is -0.141. The van der Waals surface area contributed by atoms with Gasteiger partial charge in [-0.3, -0.25) is 15.1 Å². The van der Waals surface area contributed by atoms with Gasteiger partial charge in [0.2, 0.25) is 5.91 Å². The Balaban J connectivity index is 1.94. The molecule has 0 saturated heterocycles. The van der Waals surface area contributed by atoms with E-state index in [1.54, 1.807) is 0 Å². The van der Waals surface area contributed by atoms with Gasteiger partial charge in [0.05, 0.1) is 7.11 Å². The van der Waals surface area contributed by atoms with Crippen molar-refractivity contribution in [1.29, 1.82) is 0 Å².